The Bertz CT molecular complexity index is 129. The molecule has 0 heterocycles. The summed E-state index contributed by atoms with van der Waals surface area (Å²) < 4.78 is 0. The van der Waals surface area contributed by atoms with Gasteiger partial charge in [0.1, 0.15) is 0 Å². The number of hydrogen-bond acceptors (Lipinski definition) is 0. The molecule has 0 rings (SSSR count). The molecule has 11 heavy (non-hydrogen) atoms. The van der Waals surface area contributed by atoms with Gasteiger partial charge in [0, 0.05) is 0 Å². The van der Waals surface area contributed by atoms with Gasteiger partial charge in [-0.1, -0.05) is 23.8 Å². The second-order valence-corrected chi connectivity index (χ2v) is 2.80. The van der Waals surface area contributed by atoms with Gasteiger partial charge in [0.05, 0.1) is 0 Å². The van der Waals surface area contributed by atoms with Crippen LogP contribution in [0.5, 0.6) is 0 Å². The molecule has 1 radical (unpaired) electrons. The van der Waals surface area contributed by atoms with Crippen molar-refractivity contribution in [3.8, 4) is 0 Å². The Kier molecular flexibility index (Phi) is 7.23. The van der Waals surface area contributed by atoms with Crippen LogP contribution in [0.4, 0.5) is 0 Å². The van der Waals surface area contributed by atoms with Crippen molar-refractivity contribution < 1.29 is 0 Å². The average Bonchev–Trinajstić information content (AvgIpc) is 2.04. The standard InChI is InChI=1S/C11H19/c1-4-6-7-8-9-10-11(3)5-2/h4,6,10H,2,5,7-9H2,1,3H3. The maximum Gasteiger partial charge on any atom is -0.0323 e. The van der Waals surface area contributed by atoms with E-state index in [-0.39, 0.29) is 0 Å². The summed E-state index contributed by atoms with van der Waals surface area (Å²) in [7, 11) is 0. The molecule has 0 N–H and O–H groups in total. The van der Waals surface area contributed by atoms with Crippen LogP contribution in [0, 0.1) is 6.92 Å². The van der Waals surface area contributed by atoms with Gasteiger partial charge in [-0.2, -0.15) is 0 Å². The maximum atomic E-state index is 3.82. The van der Waals surface area contributed by atoms with Crippen LogP contribution in [0.1, 0.15) is 39.5 Å². The molecule has 0 fully saturated rings. The molecule has 0 aromatic rings. The van der Waals surface area contributed by atoms with E-state index >= 15 is 0 Å². The molecule has 0 aliphatic rings. The lowest BCUT2D eigenvalue weighted by Crippen LogP contribution is -1.73. The van der Waals surface area contributed by atoms with Crippen molar-refractivity contribution in [1.29, 1.82) is 0 Å². The van der Waals surface area contributed by atoms with Crippen LogP contribution >= 0.6 is 0 Å². The average molecular weight is 151 g/mol. The largest absolute Gasteiger partial charge is 0.0917 e. The van der Waals surface area contributed by atoms with Crippen molar-refractivity contribution in [2.24, 2.45) is 0 Å². The minimum absolute atomic E-state index is 0.948. The van der Waals surface area contributed by atoms with Gasteiger partial charge in [0.25, 0.3) is 0 Å². The first kappa shape index (κ1) is 10.5. The van der Waals surface area contributed by atoms with Crippen LogP contribution in [-0.4, -0.2) is 0 Å². The molecule has 0 atom stereocenters. The molecule has 0 aromatic carbocycles. The number of unbranched alkanes of at least 4 members (excludes halogenated alkanes) is 2. The molecule has 0 saturated heterocycles. The monoisotopic (exact) mass is 151 g/mol. The van der Waals surface area contributed by atoms with Gasteiger partial charge in [0.2, 0.25) is 0 Å². The summed E-state index contributed by atoms with van der Waals surface area (Å²) in [6, 6.07) is 0. The first-order chi connectivity index (χ1) is 5.31. The molecule has 0 spiro atoms. The van der Waals surface area contributed by atoms with E-state index in [1.54, 1.807) is 0 Å². The van der Waals surface area contributed by atoms with Crippen LogP contribution in [0.15, 0.2) is 23.8 Å². The highest BCUT2D eigenvalue weighted by Gasteiger charge is 1.83. The van der Waals surface area contributed by atoms with Crippen molar-refractivity contribution in [2.75, 3.05) is 0 Å². The van der Waals surface area contributed by atoms with Gasteiger partial charge in [-0.25, -0.2) is 0 Å². The highest BCUT2D eigenvalue weighted by atomic mass is 13.9. The topological polar surface area (TPSA) is 0 Å². The smallest absolute Gasteiger partial charge is 0.0323 e. The van der Waals surface area contributed by atoms with Gasteiger partial charge in [-0.15, -0.1) is 0 Å². The van der Waals surface area contributed by atoms with E-state index in [4.69, 9.17) is 0 Å². The highest BCUT2D eigenvalue weighted by Crippen LogP contribution is 2.03. The zero-order chi connectivity index (χ0) is 8.53. The Balaban J connectivity index is 3.26. The van der Waals surface area contributed by atoms with Crippen molar-refractivity contribution in [3.63, 3.8) is 0 Å². The number of hydrogen-bond donors (Lipinski definition) is 0. The van der Waals surface area contributed by atoms with Crippen LogP contribution in [-0.2, 0) is 0 Å². The molecule has 0 aliphatic carbocycles. The fraction of sp³-hybridized carbons (Fsp3) is 0.545. The predicted octanol–water partition coefficient (Wildman–Crippen LogP) is 3.90. The lowest BCUT2D eigenvalue weighted by atomic mass is 10.1. The molecular weight excluding hydrogens is 132 g/mol. The summed E-state index contributed by atoms with van der Waals surface area (Å²) in [4.78, 5) is 0. The Morgan fingerprint density at radius 1 is 1.36 bits per heavy atom. The quantitative estimate of drug-likeness (QED) is 0.413. The third-order valence-corrected chi connectivity index (χ3v) is 1.70. The predicted molar refractivity (Wildman–Crippen MR) is 52.4 cm³/mol. The van der Waals surface area contributed by atoms with Crippen molar-refractivity contribution in [3.05, 3.63) is 30.7 Å². The lowest BCUT2D eigenvalue weighted by molar-refractivity contribution is 0.858. The molecule has 0 aromatic heterocycles. The highest BCUT2D eigenvalue weighted by molar-refractivity contribution is 4.98. The van der Waals surface area contributed by atoms with Crippen molar-refractivity contribution in [2.45, 2.75) is 39.5 Å². The summed E-state index contributed by atoms with van der Waals surface area (Å²) in [6.07, 6.45) is 11.2. The molecule has 0 amide bonds. The Labute approximate surface area is 71.0 Å². The SMILES string of the molecule is [CH2]CC(C)=CCCCC=CC. The normalized spacial score (nSPS) is 12.8. The molecule has 0 heteroatoms. The molecule has 0 aliphatic heterocycles. The molecule has 0 unspecified atom stereocenters. The Morgan fingerprint density at radius 2 is 2.09 bits per heavy atom. The Hall–Kier alpha value is -0.520. The van der Waals surface area contributed by atoms with Gasteiger partial charge in [-0.05, 0) is 46.5 Å². The van der Waals surface area contributed by atoms with Gasteiger partial charge < -0.3 is 0 Å². The molecule has 0 saturated carbocycles. The maximum absolute atomic E-state index is 3.82. The third kappa shape index (κ3) is 7.38. The first-order valence-corrected chi connectivity index (χ1v) is 4.37. The van der Waals surface area contributed by atoms with E-state index in [1.165, 1.54) is 24.8 Å². The minimum Gasteiger partial charge on any atom is -0.0917 e. The van der Waals surface area contributed by atoms with E-state index in [0.29, 0.717) is 0 Å². The fourth-order valence-corrected chi connectivity index (χ4v) is 0.853. The van der Waals surface area contributed by atoms with Crippen LogP contribution in [0.25, 0.3) is 0 Å². The van der Waals surface area contributed by atoms with Crippen LogP contribution < -0.4 is 0 Å². The van der Waals surface area contributed by atoms with E-state index < -0.39 is 0 Å². The van der Waals surface area contributed by atoms with Crippen LogP contribution in [0.2, 0.25) is 0 Å². The zero-order valence-electron chi connectivity index (χ0n) is 7.77. The number of rotatable bonds is 5. The summed E-state index contributed by atoms with van der Waals surface area (Å²) >= 11 is 0. The third-order valence-electron chi connectivity index (χ3n) is 1.70. The van der Waals surface area contributed by atoms with Gasteiger partial charge >= 0.3 is 0 Å². The molecule has 0 nitrogen and oxygen atoms in total. The van der Waals surface area contributed by atoms with Crippen molar-refractivity contribution in [1.82, 2.24) is 0 Å². The Morgan fingerprint density at radius 3 is 2.64 bits per heavy atom. The van der Waals surface area contributed by atoms with E-state index in [2.05, 4.69) is 39.0 Å². The summed E-state index contributed by atoms with van der Waals surface area (Å²) in [6.45, 7) is 8.03. The molecule has 0 bridgehead atoms. The van der Waals surface area contributed by atoms with Crippen molar-refractivity contribution >= 4 is 0 Å². The van der Waals surface area contributed by atoms with Gasteiger partial charge in [0.15, 0.2) is 0 Å². The second kappa shape index (κ2) is 7.59. The van der Waals surface area contributed by atoms with E-state index in [0.717, 1.165) is 6.42 Å². The fourth-order valence-electron chi connectivity index (χ4n) is 0.853. The summed E-state index contributed by atoms with van der Waals surface area (Å²) in [5, 5.41) is 0. The van der Waals surface area contributed by atoms with E-state index in [1.807, 2.05) is 0 Å². The molecular formula is C11H19. The number of allylic oxidation sites excluding steroid dienone is 4. The summed E-state index contributed by atoms with van der Waals surface area (Å²) in [5.74, 6) is 0. The lowest BCUT2D eigenvalue weighted by Gasteiger charge is -1.94. The first-order valence-electron chi connectivity index (χ1n) is 4.37. The van der Waals surface area contributed by atoms with E-state index in [9.17, 15) is 0 Å². The zero-order valence-corrected chi connectivity index (χ0v) is 7.77. The van der Waals surface area contributed by atoms with Gasteiger partial charge in [-0.3, -0.25) is 0 Å². The van der Waals surface area contributed by atoms with Crippen LogP contribution in [0.3, 0.4) is 0 Å². The minimum atomic E-state index is 0.948. The summed E-state index contributed by atoms with van der Waals surface area (Å²) in [5.41, 5.74) is 1.41. The molecule has 63 valence electrons. The second-order valence-electron chi connectivity index (χ2n) is 2.80.